The lowest BCUT2D eigenvalue weighted by molar-refractivity contribution is -0.151. The Bertz CT molecular complexity index is 1530. The van der Waals surface area contributed by atoms with Crippen molar-refractivity contribution in [1.82, 2.24) is 0 Å². The van der Waals surface area contributed by atoms with Crippen LogP contribution in [0.5, 0.6) is 17.2 Å². The van der Waals surface area contributed by atoms with Crippen LogP contribution in [0, 0.1) is 0 Å². The molecule has 0 aliphatic carbocycles. The summed E-state index contributed by atoms with van der Waals surface area (Å²) in [6.07, 6.45) is 5.43. The molecule has 0 spiro atoms. The van der Waals surface area contributed by atoms with Gasteiger partial charge in [-0.2, -0.15) is 0 Å². The van der Waals surface area contributed by atoms with Gasteiger partial charge in [0, 0.05) is 17.7 Å². The monoisotopic (exact) mass is 689 g/mol. The number of methoxy groups -OCH3 is 3. The van der Waals surface area contributed by atoms with Crippen LogP contribution in [0.2, 0.25) is 0 Å². The van der Waals surface area contributed by atoms with Gasteiger partial charge in [-0.15, -0.1) is 0 Å². The molecule has 0 saturated carbocycles. The fourth-order valence-electron chi connectivity index (χ4n) is 5.93. The van der Waals surface area contributed by atoms with Crippen molar-refractivity contribution in [2.75, 3.05) is 33.3 Å². The molecule has 0 aliphatic heterocycles. The smallest absolute Gasteiger partial charge is 0.306 e. The number of unbranched alkanes of at least 4 members (excludes halogenated alkanes) is 2. The fraction of sp³-hybridized carbons (Fsp3) is 0.488. The molecule has 3 rings (SSSR count). The summed E-state index contributed by atoms with van der Waals surface area (Å²) in [4.78, 5) is 38.0. The highest BCUT2D eigenvalue weighted by Crippen LogP contribution is 2.44. The van der Waals surface area contributed by atoms with Crippen molar-refractivity contribution < 1.29 is 38.1 Å². The number of amides is 1. The number of rotatable bonds is 20. The lowest BCUT2D eigenvalue weighted by atomic mass is 9.84. The van der Waals surface area contributed by atoms with Gasteiger partial charge in [-0.1, -0.05) is 95.5 Å². The first kappa shape index (κ1) is 39.9. The maximum absolute atomic E-state index is 13.8. The Morgan fingerprint density at radius 1 is 0.760 bits per heavy atom. The zero-order chi connectivity index (χ0) is 36.5. The second-order valence-corrected chi connectivity index (χ2v) is 13.5. The van der Waals surface area contributed by atoms with E-state index in [-0.39, 0.29) is 49.7 Å². The van der Waals surface area contributed by atoms with Crippen LogP contribution in [0.15, 0.2) is 60.7 Å². The summed E-state index contributed by atoms with van der Waals surface area (Å²) in [7, 11) is 4.78. The fourth-order valence-corrected chi connectivity index (χ4v) is 5.93. The van der Waals surface area contributed by atoms with Gasteiger partial charge in [-0.3, -0.25) is 14.4 Å². The highest BCUT2D eigenvalue weighted by Gasteiger charge is 2.26. The average Bonchev–Trinajstić information content (AvgIpc) is 3.10. The molecule has 0 bridgehead atoms. The van der Waals surface area contributed by atoms with Gasteiger partial charge in [-0.05, 0) is 59.4 Å². The van der Waals surface area contributed by atoms with Crippen LogP contribution in [0.3, 0.4) is 0 Å². The summed E-state index contributed by atoms with van der Waals surface area (Å²) in [5.41, 5.74) is 4.44. The Morgan fingerprint density at radius 2 is 1.46 bits per heavy atom. The molecule has 50 heavy (non-hydrogen) atoms. The largest absolute Gasteiger partial charge is 0.493 e. The number of carbonyl (C=O) groups excluding carboxylic acids is 3. The van der Waals surface area contributed by atoms with Crippen molar-refractivity contribution in [3.8, 4) is 17.2 Å². The minimum atomic E-state index is -0.436. The summed E-state index contributed by atoms with van der Waals surface area (Å²) in [5, 5.41) is 3.23. The van der Waals surface area contributed by atoms with Crippen LogP contribution in [0.1, 0.15) is 107 Å². The number of hydrogen-bond donors (Lipinski definition) is 1. The van der Waals surface area contributed by atoms with Crippen molar-refractivity contribution >= 4 is 23.5 Å². The average molecular weight is 690 g/mol. The van der Waals surface area contributed by atoms with Crippen LogP contribution >= 0.6 is 0 Å². The van der Waals surface area contributed by atoms with E-state index >= 15 is 0 Å². The van der Waals surface area contributed by atoms with Crippen molar-refractivity contribution in [1.29, 1.82) is 0 Å². The standard InChI is InChI=1S/C41H55NO8/c1-8-9-11-18-31(32-20-22-35(46-5)40(48-7)39(32)47-6)27-36(43)42-34-26-29(19-21-33(34)41(2,3)4)17-14-25-49-37(44)23-24-38(45)50-28-30-15-12-10-13-16-30/h10,12-13,15-16,19-22,26,31H,8-9,11,14,17-18,23-25,27-28H2,1-7H3,(H,42,43). The first-order chi connectivity index (χ1) is 24.0. The molecule has 0 heterocycles. The molecule has 0 aromatic heterocycles. The van der Waals surface area contributed by atoms with Crippen LogP contribution in [-0.2, 0) is 42.3 Å². The molecule has 0 radical (unpaired) electrons. The van der Waals surface area contributed by atoms with E-state index in [0.29, 0.717) is 30.1 Å². The van der Waals surface area contributed by atoms with E-state index in [0.717, 1.165) is 53.6 Å². The number of hydrogen-bond acceptors (Lipinski definition) is 8. The summed E-state index contributed by atoms with van der Waals surface area (Å²) in [5.74, 6) is 0.641. The van der Waals surface area contributed by atoms with Crippen LogP contribution in [0.4, 0.5) is 5.69 Å². The van der Waals surface area contributed by atoms with E-state index in [4.69, 9.17) is 23.7 Å². The van der Waals surface area contributed by atoms with Crippen molar-refractivity contribution in [3.63, 3.8) is 0 Å². The SMILES string of the molecule is CCCCCC(CC(=O)Nc1cc(CCCOC(=O)CCC(=O)OCc2ccccc2)ccc1C(C)(C)C)c1ccc(OC)c(OC)c1OC. The van der Waals surface area contributed by atoms with Gasteiger partial charge in [0.15, 0.2) is 11.5 Å². The van der Waals surface area contributed by atoms with Crippen molar-refractivity contribution in [3.05, 3.63) is 82.9 Å². The quantitative estimate of drug-likeness (QED) is 0.0927. The Labute approximate surface area is 298 Å². The lowest BCUT2D eigenvalue weighted by Crippen LogP contribution is -2.21. The first-order valence-corrected chi connectivity index (χ1v) is 17.6. The number of nitrogens with one attached hydrogen (secondary N) is 1. The van der Waals surface area contributed by atoms with Gasteiger partial charge in [0.25, 0.3) is 0 Å². The molecule has 0 saturated heterocycles. The summed E-state index contributed by atoms with van der Waals surface area (Å²) >= 11 is 0. The van der Waals surface area contributed by atoms with Gasteiger partial charge < -0.3 is 29.0 Å². The highest BCUT2D eigenvalue weighted by molar-refractivity contribution is 5.92. The van der Waals surface area contributed by atoms with E-state index < -0.39 is 11.9 Å². The topological polar surface area (TPSA) is 109 Å². The van der Waals surface area contributed by atoms with Gasteiger partial charge >= 0.3 is 11.9 Å². The molecule has 3 aromatic rings. The van der Waals surface area contributed by atoms with E-state index in [2.05, 4.69) is 45.1 Å². The van der Waals surface area contributed by atoms with E-state index in [1.54, 1.807) is 21.3 Å². The predicted octanol–water partition coefficient (Wildman–Crippen LogP) is 8.70. The summed E-state index contributed by atoms with van der Waals surface area (Å²) < 4.78 is 27.5. The minimum Gasteiger partial charge on any atom is -0.493 e. The third kappa shape index (κ3) is 12.4. The second kappa shape index (κ2) is 20.2. The number of carbonyl (C=O) groups is 3. The summed E-state index contributed by atoms with van der Waals surface area (Å²) in [6.45, 7) is 8.94. The molecule has 0 aliphatic rings. The van der Waals surface area contributed by atoms with Crippen LogP contribution < -0.4 is 19.5 Å². The normalized spacial score (nSPS) is 11.7. The molecular formula is C41H55NO8. The Kier molecular flexibility index (Phi) is 16.1. The predicted molar refractivity (Wildman–Crippen MR) is 196 cm³/mol. The molecule has 9 heteroatoms. The molecule has 3 aromatic carbocycles. The van der Waals surface area contributed by atoms with E-state index in [1.807, 2.05) is 48.5 Å². The Morgan fingerprint density at radius 3 is 2.10 bits per heavy atom. The van der Waals surface area contributed by atoms with Crippen molar-refractivity contribution in [2.45, 2.75) is 103 Å². The molecule has 1 N–H and O–H groups in total. The number of ether oxygens (including phenoxy) is 5. The van der Waals surface area contributed by atoms with Crippen LogP contribution in [-0.4, -0.2) is 45.8 Å². The highest BCUT2D eigenvalue weighted by atomic mass is 16.5. The van der Waals surface area contributed by atoms with Gasteiger partial charge in [0.1, 0.15) is 6.61 Å². The number of esters is 2. The number of aryl methyl sites for hydroxylation is 1. The molecule has 1 amide bonds. The molecule has 1 atom stereocenters. The summed E-state index contributed by atoms with van der Waals surface area (Å²) in [6, 6.07) is 19.4. The molecule has 272 valence electrons. The maximum atomic E-state index is 13.8. The molecular weight excluding hydrogens is 634 g/mol. The molecule has 1 unspecified atom stereocenters. The second-order valence-electron chi connectivity index (χ2n) is 13.5. The number of benzene rings is 3. The third-order valence-corrected chi connectivity index (χ3v) is 8.58. The lowest BCUT2D eigenvalue weighted by Gasteiger charge is -2.25. The molecule has 9 nitrogen and oxygen atoms in total. The maximum Gasteiger partial charge on any atom is 0.306 e. The first-order valence-electron chi connectivity index (χ1n) is 17.6. The number of anilines is 1. The minimum absolute atomic E-state index is 0.0265. The van der Waals surface area contributed by atoms with Gasteiger partial charge in [-0.25, -0.2) is 0 Å². The Balaban J connectivity index is 1.62. The third-order valence-electron chi connectivity index (χ3n) is 8.58. The van der Waals surface area contributed by atoms with Gasteiger partial charge in [0.05, 0.1) is 40.8 Å². The zero-order valence-corrected chi connectivity index (χ0v) is 30.9. The molecule has 0 fully saturated rings. The van der Waals surface area contributed by atoms with Crippen molar-refractivity contribution in [2.24, 2.45) is 0 Å². The van der Waals surface area contributed by atoms with E-state index in [1.165, 1.54) is 0 Å². The van der Waals surface area contributed by atoms with Crippen LogP contribution in [0.25, 0.3) is 0 Å². The Hall–Kier alpha value is -4.53. The van der Waals surface area contributed by atoms with E-state index in [9.17, 15) is 14.4 Å². The zero-order valence-electron chi connectivity index (χ0n) is 30.9. The van der Waals surface area contributed by atoms with Gasteiger partial charge in [0.2, 0.25) is 11.7 Å².